The molecular formula is C11H11BrO3. The zero-order valence-electron chi connectivity index (χ0n) is 8.07. The Morgan fingerprint density at radius 1 is 1.53 bits per heavy atom. The standard InChI is InChI=1S/C11H11BrO3/c12-9-1-2-10-8(6-9)5-7(11(13)14)3-4-15-10/h1-2,6-7H,3-5H2,(H,13,14). The highest BCUT2D eigenvalue weighted by molar-refractivity contribution is 9.10. The molecule has 2 rings (SSSR count). The summed E-state index contributed by atoms with van der Waals surface area (Å²) in [5.41, 5.74) is 0.967. The Morgan fingerprint density at radius 2 is 2.33 bits per heavy atom. The van der Waals surface area contributed by atoms with Gasteiger partial charge in [0.25, 0.3) is 0 Å². The maximum atomic E-state index is 10.9. The second-order valence-corrected chi connectivity index (χ2v) is 4.54. The van der Waals surface area contributed by atoms with Crippen LogP contribution in [-0.4, -0.2) is 17.7 Å². The van der Waals surface area contributed by atoms with Gasteiger partial charge in [0.1, 0.15) is 5.75 Å². The van der Waals surface area contributed by atoms with E-state index in [0.717, 1.165) is 15.8 Å². The fraction of sp³-hybridized carbons (Fsp3) is 0.364. The molecule has 0 radical (unpaired) electrons. The van der Waals surface area contributed by atoms with Gasteiger partial charge >= 0.3 is 5.97 Å². The molecule has 3 nitrogen and oxygen atoms in total. The number of aliphatic carboxylic acids is 1. The first-order chi connectivity index (χ1) is 7.16. The molecule has 0 aliphatic carbocycles. The summed E-state index contributed by atoms with van der Waals surface area (Å²) in [5, 5.41) is 8.99. The molecule has 0 bridgehead atoms. The lowest BCUT2D eigenvalue weighted by Crippen LogP contribution is -2.16. The fourth-order valence-corrected chi connectivity index (χ4v) is 2.15. The molecule has 80 valence electrons. The number of fused-ring (bicyclic) bond motifs is 1. The molecule has 15 heavy (non-hydrogen) atoms. The minimum Gasteiger partial charge on any atom is -0.493 e. The highest BCUT2D eigenvalue weighted by Gasteiger charge is 2.23. The first-order valence-electron chi connectivity index (χ1n) is 4.81. The second-order valence-electron chi connectivity index (χ2n) is 3.63. The molecule has 1 aromatic rings. The Morgan fingerprint density at radius 3 is 3.07 bits per heavy atom. The number of hydrogen-bond donors (Lipinski definition) is 1. The lowest BCUT2D eigenvalue weighted by atomic mass is 9.97. The molecule has 1 heterocycles. The van der Waals surface area contributed by atoms with E-state index in [4.69, 9.17) is 9.84 Å². The highest BCUT2D eigenvalue weighted by Crippen LogP contribution is 2.29. The van der Waals surface area contributed by atoms with Crippen LogP contribution in [0.5, 0.6) is 5.75 Å². The van der Waals surface area contributed by atoms with Crippen molar-refractivity contribution >= 4 is 21.9 Å². The average Bonchev–Trinajstić information content (AvgIpc) is 2.39. The first-order valence-corrected chi connectivity index (χ1v) is 5.60. The zero-order valence-corrected chi connectivity index (χ0v) is 9.66. The summed E-state index contributed by atoms with van der Waals surface area (Å²) in [7, 11) is 0. The molecular weight excluding hydrogens is 260 g/mol. The number of rotatable bonds is 1. The predicted octanol–water partition coefficient (Wildman–Crippen LogP) is 2.47. The van der Waals surface area contributed by atoms with Gasteiger partial charge in [-0.1, -0.05) is 15.9 Å². The van der Waals surface area contributed by atoms with Crippen molar-refractivity contribution in [1.29, 1.82) is 0 Å². The van der Waals surface area contributed by atoms with Gasteiger partial charge < -0.3 is 9.84 Å². The molecule has 1 aliphatic heterocycles. The van der Waals surface area contributed by atoms with Crippen LogP contribution in [0.4, 0.5) is 0 Å². The minimum atomic E-state index is -0.744. The Bertz CT molecular complexity index is 389. The summed E-state index contributed by atoms with van der Waals surface area (Å²) in [6.07, 6.45) is 1.12. The maximum Gasteiger partial charge on any atom is 0.306 e. The Hall–Kier alpha value is -1.03. The molecule has 0 amide bonds. The van der Waals surface area contributed by atoms with Crippen LogP contribution < -0.4 is 4.74 Å². The largest absolute Gasteiger partial charge is 0.493 e. The topological polar surface area (TPSA) is 46.5 Å². The van der Waals surface area contributed by atoms with Crippen LogP contribution >= 0.6 is 15.9 Å². The number of halogens is 1. The van der Waals surface area contributed by atoms with Crippen molar-refractivity contribution in [3.8, 4) is 5.75 Å². The van der Waals surface area contributed by atoms with Gasteiger partial charge in [0.2, 0.25) is 0 Å². The molecule has 1 unspecified atom stereocenters. The Kier molecular flexibility index (Phi) is 2.95. The van der Waals surface area contributed by atoms with Gasteiger partial charge in [-0.2, -0.15) is 0 Å². The van der Waals surface area contributed by atoms with Crippen LogP contribution in [0.25, 0.3) is 0 Å². The van der Waals surface area contributed by atoms with Crippen LogP contribution in [0.3, 0.4) is 0 Å². The fourth-order valence-electron chi connectivity index (χ4n) is 1.74. The number of hydrogen-bond acceptors (Lipinski definition) is 2. The van der Waals surface area contributed by atoms with Crippen molar-refractivity contribution < 1.29 is 14.6 Å². The number of benzene rings is 1. The third-order valence-corrected chi connectivity index (χ3v) is 3.06. The maximum absolute atomic E-state index is 10.9. The van der Waals surface area contributed by atoms with Gasteiger partial charge in [0.15, 0.2) is 0 Å². The smallest absolute Gasteiger partial charge is 0.306 e. The van der Waals surface area contributed by atoms with E-state index in [1.807, 2.05) is 18.2 Å². The van der Waals surface area contributed by atoms with Crippen molar-refractivity contribution in [2.75, 3.05) is 6.61 Å². The van der Waals surface area contributed by atoms with E-state index in [9.17, 15) is 4.79 Å². The molecule has 0 fully saturated rings. The number of carboxylic acid groups (broad SMARTS) is 1. The summed E-state index contributed by atoms with van der Waals surface area (Å²) in [6.45, 7) is 0.478. The van der Waals surface area contributed by atoms with Crippen molar-refractivity contribution in [3.05, 3.63) is 28.2 Å². The van der Waals surface area contributed by atoms with Gasteiger partial charge in [-0.25, -0.2) is 0 Å². The van der Waals surface area contributed by atoms with Crippen molar-refractivity contribution in [3.63, 3.8) is 0 Å². The molecule has 0 saturated heterocycles. The van der Waals surface area contributed by atoms with Crippen LogP contribution in [0.2, 0.25) is 0 Å². The summed E-state index contributed by atoms with van der Waals surface area (Å²) in [5.74, 6) is -0.270. The van der Waals surface area contributed by atoms with Crippen LogP contribution in [-0.2, 0) is 11.2 Å². The van der Waals surface area contributed by atoms with E-state index < -0.39 is 5.97 Å². The van der Waals surface area contributed by atoms with E-state index in [0.29, 0.717) is 19.4 Å². The summed E-state index contributed by atoms with van der Waals surface area (Å²) < 4.78 is 6.45. The normalized spacial score (nSPS) is 19.9. The number of carbonyl (C=O) groups is 1. The molecule has 0 spiro atoms. The summed E-state index contributed by atoms with van der Waals surface area (Å²) in [4.78, 5) is 10.9. The van der Waals surface area contributed by atoms with Crippen molar-refractivity contribution in [2.45, 2.75) is 12.8 Å². The molecule has 1 aromatic carbocycles. The van der Waals surface area contributed by atoms with Crippen LogP contribution in [0.1, 0.15) is 12.0 Å². The van der Waals surface area contributed by atoms with Crippen LogP contribution in [0.15, 0.2) is 22.7 Å². The third kappa shape index (κ3) is 2.31. The SMILES string of the molecule is O=C(O)C1CCOc2ccc(Br)cc2C1. The second kappa shape index (κ2) is 4.23. The lowest BCUT2D eigenvalue weighted by molar-refractivity contribution is -0.142. The molecule has 1 aliphatic rings. The monoisotopic (exact) mass is 270 g/mol. The Balaban J connectivity index is 2.31. The van der Waals surface area contributed by atoms with Crippen LogP contribution in [0, 0.1) is 5.92 Å². The van der Waals surface area contributed by atoms with Gasteiger partial charge in [0, 0.05) is 4.47 Å². The zero-order chi connectivity index (χ0) is 10.8. The summed E-state index contributed by atoms with van der Waals surface area (Å²) >= 11 is 3.37. The van der Waals surface area contributed by atoms with Gasteiger partial charge in [-0.15, -0.1) is 0 Å². The lowest BCUT2D eigenvalue weighted by Gasteiger charge is -2.07. The van der Waals surface area contributed by atoms with Gasteiger partial charge in [-0.3, -0.25) is 4.79 Å². The van der Waals surface area contributed by atoms with E-state index in [1.165, 1.54) is 0 Å². The average molecular weight is 271 g/mol. The Labute approximate surface area is 96.2 Å². The first kappa shape index (κ1) is 10.5. The third-order valence-electron chi connectivity index (χ3n) is 2.56. The molecule has 4 heteroatoms. The molecule has 0 aromatic heterocycles. The van der Waals surface area contributed by atoms with E-state index in [2.05, 4.69) is 15.9 Å². The molecule has 0 saturated carbocycles. The van der Waals surface area contributed by atoms with E-state index in [-0.39, 0.29) is 5.92 Å². The molecule has 1 N–H and O–H groups in total. The van der Waals surface area contributed by atoms with Gasteiger partial charge in [0.05, 0.1) is 12.5 Å². The van der Waals surface area contributed by atoms with Crippen molar-refractivity contribution in [1.82, 2.24) is 0 Å². The quantitative estimate of drug-likeness (QED) is 0.853. The van der Waals surface area contributed by atoms with Crippen molar-refractivity contribution in [2.24, 2.45) is 5.92 Å². The number of ether oxygens (including phenoxy) is 1. The van der Waals surface area contributed by atoms with E-state index >= 15 is 0 Å². The predicted molar refractivity (Wildman–Crippen MR) is 59.1 cm³/mol. The summed E-state index contributed by atoms with van der Waals surface area (Å²) in [6, 6.07) is 5.71. The molecule has 1 atom stereocenters. The minimum absolute atomic E-state index is 0.333. The highest BCUT2D eigenvalue weighted by atomic mass is 79.9. The number of carboxylic acids is 1. The van der Waals surface area contributed by atoms with E-state index in [1.54, 1.807) is 0 Å². The van der Waals surface area contributed by atoms with Gasteiger partial charge in [-0.05, 0) is 36.6 Å².